The molecule has 2 heterocycles. The standard InChI is InChI=1S/C22H22F6N4O2/c23-21(24,25)18-3-1-2-4-19(18)29-20(33)32-13-16(14-32)31-11-9-30(10-12-31)15-5-7-17(8-6-15)34-22(26,27)28/h1-8,16H,9-14H2,(H,29,33). The Labute approximate surface area is 191 Å². The molecule has 0 spiro atoms. The number of rotatable bonds is 4. The fourth-order valence-electron chi connectivity index (χ4n) is 4.09. The minimum absolute atomic E-state index is 0.105. The summed E-state index contributed by atoms with van der Waals surface area (Å²) in [6.45, 7) is 3.50. The van der Waals surface area contributed by atoms with Crippen LogP contribution in [-0.2, 0) is 6.18 Å². The molecule has 12 heteroatoms. The van der Waals surface area contributed by atoms with Crippen molar-refractivity contribution in [3.05, 3.63) is 54.1 Å². The number of urea groups is 1. The number of nitrogens with zero attached hydrogens (tertiary/aromatic N) is 3. The van der Waals surface area contributed by atoms with Gasteiger partial charge in [-0.25, -0.2) is 4.79 Å². The maximum atomic E-state index is 13.1. The van der Waals surface area contributed by atoms with Crippen LogP contribution >= 0.6 is 0 Å². The molecule has 2 aliphatic rings. The van der Waals surface area contributed by atoms with E-state index in [0.29, 0.717) is 39.3 Å². The normalized spacial score (nSPS) is 17.9. The Morgan fingerprint density at radius 1 is 0.882 bits per heavy atom. The number of alkyl halides is 6. The Morgan fingerprint density at radius 3 is 2.09 bits per heavy atom. The molecule has 34 heavy (non-hydrogen) atoms. The minimum Gasteiger partial charge on any atom is -0.406 e. The van der Waals surface area contributed by atoms with E-state index in [2.05, 4.69) is 15.0 Å². The summed E-state index contributed by atoms with van der Waals surface area (Å²) in [5.74, 6) is -0.277. The SMILES string of the molecule is O=C(Nc1ccccc1C(F)(F)F)N1CC(N2CCN(c3ccc(OC(F)(F)F)cc3)CC2)C1. The molecule has 2 amide bonds. The molecule has 0 aromatic heterocycles. The van der Waals surface area contributed by atoms with Gasteiger partial charge in [-0.15, -0.1) is 13.2 Å². The predicted molar refractivity (Wildman–Crippen MR) is 113 cm³/mol. The average molecular weight is 488 g/mol. The second-order valence-corrected chi connectivity index (χ2v) is 8.10. The summed E-state index contributed by atoms with van der Waals surface area (Å²) in [7, 11) is 0. The van der Waals surface area contributed by atoms with Gasteiger partial charge in [0.1, 0.15) is 5.75 Å². The van der Waals surface area contributed by atoms with Crippen molar-refractivity contribution in [2.45, 2.75) is 18.6 Å². The summed E-state index contributed by atoms with van der Waals surface area (Å²) >= 11 is 0. The number of ether oxygens (including phenoxy) is 1. The van der Waals surface area contributed by atoms with Crippen molar-refractivity contribution in [3.8, 4) is 5.75 Å². The first-order valence-electron chi connectivity index (χ1n) is 10.6. The molecule has 1 N–H and O–H groups in total. The predicted octanol–water partition coefficient (Wildman–Crippen LogP) is 4.64. The molecule has 2 saturated heterocycles. The summed E-state index contributed by atoms with van der Waals surface area (Å²) in [6.07, 6.45) is -9.30. The van der Waals surface area contributed by atoms with Crippen molar-refractivity contribution in [3.63, 3.8) is 0 Å². The van der Waals surface area contributed by atoms with Gasteiger partial charge in [-0.3, -0.25) is 4.90 Å². The zero-order chi connectivity index (χ0) is 24.5. The highest BCUT2D eigenvalue weighted by Crippen LogP contribution is 2.35. The molecule has 0 bridgehead atoms. The number of halogens is 6. The van der Waals surface area contributed by atoms with Gasteiger partial charge in [0.2, 0.25) is 0 Å². The number of carbonyl (C=O) groups excluding carboxylic acids is 1. The molecule has 2 aromatic carbocycles. The Morgan fingerprint density at radius 2 is 1.50 bits per heavy atom. The van der Waals surface area contributed by atoms with Gasteiger partial charge in [-0.2, -0.15) is 13.2 Å². The highest BCUT2D eigenvalue weighted by molar-refractivity contribution is 5.90. The molecule has 2 aliphatic heterocycles. The lowest BCUT2D eigenvalue weighted by Crippen LogP contribution is -2.64. The van der Waals surface area contributed by atoms with E-state index in [0.717, 1.165) is 11.8 Å². The van der Waals surface area contributed by atoms with Crippen LogP contribution < -0.4 is 15.0 Å². The van der Waals surface area contributed by atoms with E-state index in [4.69, 9.17) is 0 Å². The number of likely N-dealkylation sites (tertiary alicyclic amines) is 1. The lowest BCUT2D eigenvalue weighted by atomic mass is 10.1. The maximum absolute atomic E-state index is 13.1. The second kappa shape index (κ2) is 9.24. The topological polar surface area (TPSA) is 48.1 Å². The quantitative estimate of drug-likeness (QED) is 0.638. The van der Waals surface area contributed by atoms with E-state index >= 15 is 0 Å². The first-order chi connectivity index (χ1) is 16.0. The third kappa shape index (κ3) is 5.66. The number of hydrogen-bond acceptors (Lipinski definition) is 4. The molecule has 0 radical (unpaired) electrons. The molecule has 0 aliphatic carbocycles. The van der Waals surface area contributed by atoms with Crippen LogP contribution in [0.3, 0.4) is 0 Å². The lowest BCUT2D eigenvalue weighted by molar-refractivity contribution is -0.274. The third-order valence-corrected chi connectivity index (χ3v) is 5.89. The molecule has 2 fully saturated rings. The van der Waals surface area contributed by atoms with E-state index < -0.39 is 24.1 Å². The molecule has 4 rings (SSSR count). The van der Waals surface area contributed by atoms with Crippen molar-refractivity contribution in [2.75, 3.05) is 49.5 Å². The van der Waals surface area contributed by atoms with Crippen LogP contribution in [0.4, 0.5) is 42.5 Å². The fraction of sp³-hybridized carbons (Fsp3) is 0.409. The molecule has 0 atom stereocenters. The average Bonchev–Trinajstić information content (AvgIpc) is 2.72. The number of benzene rings is 2. The van der Waals surface area contributed by atoms with Gasteiger partial charge in [0.25, 0.3) is 0 Å². The highest BCUT2D eigenvalue weighted by atomic mass is 19.4. The Kier molecular flexibility index (Phi) is 6.52. The summed E-state index contributed by atoms with van der Waals surface area (Å²) in [5.41, 5.74) is -0.384. The summed E-state index contributed by atoms with van der Waals surface area (Å²) < 4.78 is 80.1. The monoisotopic (exact) mass is 488 g/mol. The largest absolute Gasteiger partial charge is 0.573 e. The van der Waals surface area contributed by atoms with E-state index in [-0.39, 0.29) is 17.5 Å². The second-order valence-electron chi connectivity index (χ2n) is 8.10. The van der Waals surface area contributed by atoms with Gasteiger partial charge >= 0.3 is 18.6 Å². The van der Waals surface area contributed by atoms with Crippen LogP contribution in [-0.4, -0.2) is 67.5 Å². The number of piperazine rings is 1. The number of amides is 2. The van der Waals surface area contributed by atoms with Gasteiger partial charge in [-0.05, 0) is 36.4 Å². The van der Waals surface area contributed by atoms with Crippen molar-refractivity contribution in [1.82, 2.24) is 9.80 Å². The molecule has 0 saturated carbocycles. The number of nitrogens with one attached hydrogen (secondary N) is 1. The van der Waals surface area contributed by atoms with Crippen molar-refractivity contribution >= 4 is 17.4 Å². The van der Waals surface area contributed by atoms with Crippen LogP contribution in [0.1, 0.15) is 5.56 Å². The van der Waals surface area contributed by atoms with Gasteiger partial charge in [0.05, 0.1) is 11.3 Å². The van der Waals surface area contributed by atoms with Crippen molar-refractivity contribution < 1.29 is 35.9 Å². The fourth-order valence-corrected chi connectivity index (χ4v) is 4.09. The van der Waals surface area contributed by atoms with E-state index in [1.54, 1.807) is 12.1 Å². The van der Waals surface area contributed by atoms with Gasteiger partial charge in [0, 0.05) is 51.0 Å². The van der Waals surface area contributed by atoms with Crippen molar-refractivity contribution in [1.29, 1.82) is 0 Å². The molecule has 0 unspecified atom stereocenters. The smallest absolute Gasteiger partial charge is 0.406 e. The van der Waals surface area contributed by atoms with Gasteiger partial charge in [-0.1, -0.05) is 12.1 Å². The Hall–Kier alpha value is -3.15. The van der Waals surface area contributed by atoms with E-state index in [1.807, 2.05) is 4.90 Å². The third-order valence-electron chi connectivity index (χ3n) is 5.89. The molecular weight excluding hydrogens is 466 g/mol. The van der Waals surface area contributed by atoms with Crippen LogP contribution in [0, 0.1) is 0 Å². The van der Waals surface area contributed by atoms with E-state index in [1.165, 1.54) is 35.2 Å². The Bertz CT molecular complexity index is 998. The summed E-state index contributed by atoms with van der Waals surface area (Å²) in [6, 6.07) is 10.1. The molecule has 184 valence electrons. The number of anilines is 2. The highest BCUT2D eigenvalue weighted by Gasteiger charge is 2.38. The summed E-state index contributed by atoms with van der Waals surface area (Å²) in [4.78, 5) is 18.1. The van der Waals surface area contributed by atoms with Crippen LogP contribution in [0.25, 0.3) is 0 Å². The maximum Gasteiger partial charge on any atom is 0.573 e. The zero-order valence-electron chi connectivity index (χ0n) is 17.9. The Balaban J connectivity index is 1.24. The van der Waals surface area contributed by atoms with Crippen molar-refractivity contribution in [2.24, 2.45) is 0 Å². The number of para-hydroxylation sites is 1. The van der Waals surface area contributed by atoms with Crippen LogP contribution in [0.2, 0.25) is 0 Å². The first-order valence-corrected chi connectivity index (χ1v) is 10.6. The molecular formula is C22H22F6N4O2. The summed E-state index contributed by atoms with van der Waals surface area (Å²) in [5, 5.41) is 2.35. The van der Waals surface area contributed by atoms with Crippen LogP contribution in [0.5, 0.6) is 5.75 Å². The first kappa shape index (κ1) is 24.0. The molecule has 2 aromatic rings. The lowest BCUT2D eigenvalue weighted by Gasteiger charge is -2.48. The van der Waals surface area contributed by atoms with E-state index in [9.17, 15) is 31.1 Å². The number of hydrogen-bond donors (Lipinski definition) is 1. The molecule has 6 nitrogen and oxygen atoms in total. The zero-order valence-corrected chi connectivity index (χ0v) is 17.9. The number of carbonyl (C=O) groups is 1. The minimum atomic E-state index is -4.73. The van der Waals surface area contributed by atoms with Crippen LogP contribution in [0.15, 0.2) is 48.5 Å². The van der Waals surface area contributed by atoms with Gasteiger partial charge in [0.15, 0.2) is 0 Å². The van der Waals surface area contributed by atoms with Gasteiger partial charge < -0.3 is 19.9 Å².